The summed E-state index contributed by atoms with van der Waals surface area (Å²) >= 11 is 0. The minimum Gasteiger partial charge on any atom is -0.490 e. The summed E-state index contributed by atoms with van der Waals surface area (Å²) in [7, 11) is 0. The maximum Gasteiger partial charge on any atom is 0.231 e. The van der Waals surface area contributed by atoms with Gasteiger partial charge in [0.2, 0.25) is 6.79 Å². The van der Waals surface area contributed by atoms with Crippen LogP contribution in [0.4, 0.5) is 0 Å². The van der Waals surface area contributed by atoms with Crippen LogP contribution in [0.1, 0.15) is 39.2 Å². The van der Waals surface area contributed by atoms with Crippen LogP contribution in [-0.2, 0) is 6.42 Å². The normalized spacial score (nSPS) is 16.2. The number of ether oxygens (including phenoxy) is 3. The number of hydrogen-bond donors (Lipinski definition) is 1. The van der Waals surface area contributed by atoms with Gasteiger partial charge in [0, 0.05) is 12.1 Å². The van der Waals surface area contributed by atoms with Crippen LogP contribution >= 0.6 is 0 Å². The average molecular weight is 265 g/mol. The molecule has 2 rings (SSSR count). The first-order valence-electron chi connectivity index (χ1n) is 6.95. The topological polar surface area (TPSA) is 53.7 Å². The number of rotatable bonds is 6. The molecule has 0 spiro atoms. The molecule has 1 aromatic rings. The van der Waals surface area contributed by atoms with E-state index in [4.69, 9.17) is 19.9 Å². The lowest BCUT2D eigenvalue weighted by atomic mass is 10.1. The molecule has 0 saturated carbocycles. The molecule has 19 heavy (non-hydrogen) atoms. The molecular weight excluding hydrogens is 242 g/mol. The molecule has 0 amide bonds. The van der Waals surface area contributed by atoms with Crippen LogP contribution < -0.4 is 19.9 Å². The Balaban J connectivity index is 2.23. The van der Waals surface area contributed by atoms with Crippen LogP contribution in [0.5, 0.6) is 17.2 Å². The second-order valence-electron chi connectivity index (χ2n) is 5.21. The van der Waals surface area contributed by atoms with E-state index in [0.717, 1.165) is 42.1 Å². The van der Waals surface area contributed by atoms with Crippen molar-refractivity contribution in [3.8, 4) is 17.2 Å². The summed E-state index contributed by atoms with van der Waals surface area (Å²) in [5.74, 6) is 2.40. The summed E-state index contributed by atoms with van der Waals surface area (Å²) in [6.07, 6.45) is 3.10. The van der Waals surface area contributed by atoms with E-state index < -0.39 is 0 Å². The van der Waals surface area contributed by atoms with Crippen molar-refractivity contribution in [2.45, 2.75) is 52.2 Å². The summed E-state index contributed by atoms with van der Waals surface area (Å²) in [6, 6.07) is 4.00. The lowest BCUT2D eigenvalue weighted by Gasteiger charge is -2.18. The van der Waals surface area contributed by atoms with Gasteiger partial charge < -0.3 is 19.9 Å². The summed E-state index contributed by atoms with van der Waals surface area (Å²) in [6.45, 7) is 6.51. The standard InChI is InChI=1S/C15H23NO3/c1-4-5-11(3)19-13-8-15-14(17-9-18-15)7-12(13)6-10(2)16/h7-8,10-11H,4-6,9,16H2,1-3H3. The third-order valence-corrected chi connectivity index (χ3v) is 3.12. The van der Waals surface area contributed by atoms with Crippen molar-refractivity contribution in [2.75, 3.05) is 6.79 Å². The van der Waals surface area contributed by atoms with Crippen LogP contribution in [0, 0.1) is 0 Å². The van der Waals surface area contributed by atoms with E-state index >= 15 is 0 Å². The molecule has 4 nitrogen and oxygen atoms in total. The maximum atomic E-state index is 6.02. The summed E-state index contributed by atoms with van der Waals surface area (Å²) in [5.41, 5.74) is 6.99. The van der Waals surface area contributed by atoms with E-state index in [2.05, 4.69) is 13.8 Å². The number of nitrogens with two attached hydrogens (primary N) is 1. The highest BCUT2D eigenvalue weighted by atomic mass is 16.7. The fraction of sp³-hybridized carbons (Fsp3) is 0.600. The van der Waals surface area contributed by atoms with Crippen LogP contribution in [-0.4, -0.2) is 18.9 Å². The highest BCUT2D eigenvalue weighted by Crippen LogP contribution is 2.39. The zero-order chi connectivity index (χ0) is 13.8. The van der Waals surface area contributed by atoms with Crippen molar-refractivity contribution < 1.29 is 14.2 Å². The van der Waals surface area contributed by atoms with E-state index in [1.165, 1.54) is 0 Å². The zero-order valence-corrected chi connectivity index (χ0v) is 11.9. The second-order valence-corrected chi connectivity index (χ2v) is 5.21. The summed E-state index contributed by atoms with van der Waals surface area (Å²) in [4.78, 5) is 0. The van der Waals surface area contributed by atoms with Gasteiger partial charge >= 0.3 is 0 Å². The molecule has 0 fully saturated rings. The molecule has 0 aliphatic carbocycles. The highest BCUT2D eigenvalue weighted by molar-refractivity contribution is 5.52. The fourth-order valence-corrected chi connectivity index (χ4v) is 2.26. The smallest absolute Gasteiger partial charge is 0.231 e. The monoisotopic (exact) mass is 265 g/mol. The molecule has 1 heterocycles. The molecule has 2 atom stereocenters. The third-order valence-electron chi connectivity index (χ3n) is 3.12. The van der Waals surface area contributed by atoms with E-state index in [9.17, 15) is 0 Å². The summed E-state index contributed by atoms with van der Waals surface area (Å²) < 4.78 is 16.8. The van der Waals surface area contributed by atoms with Crippen molar-refractivity contribution in [2.24, 2.45) is 5.73 Å². The van der Waals surface area contributed by atoms with Gasteiger partial charge in [-0.3, -0.25) is 0 Å². The molecule has 0 saturated heterocycles. The van der Waals surface area contributed by atoms with Gasteiger partial charge in [-0.05, 0) is 38.3 Å². The van der Waals surface area contributed by atoms with E-state index in [-0.39, 0.29) is 18.9 Å². The first kappa shape index (κ1) is 14.0. The van der Waals surface area contributed by atoms with E-state index in [1.807, 2.05) is 19.1 Å². The Labute approximate surface area is 114 Å². The molecule has 0 radical (unpaired) electrons. The Morgan fingerprint density at radius 2 is 1.95 bits per heavy atom. The third kappa shape index (κ3) is 3.53. The van der Waals surface area contributed by atoms with Crippen LogP contribution in [0.3, 0.4) is 0 Å². The van der Waals surface area contributed by atoms with E-state index in [1.54, 1.807) is 0 Å². The molecule has 1 aromatic carbocycles. The molecule has 1 aliphatic heterocycles. The predicted octanol–water partition coefficient (Wildman–Crippen LogP) is 2.87. The van der Waals surface area contributed by atoms with Gasteiger partial charge in [0.15, 0.2) is 11.5 Å². The molecule has 4 heteroatoms. The van der Waals surface area contributed by atoms with Crippen molar-refractivity contribution in [3.63, 3.8) is 0 Å². The lowest BCUT2D eigenvalue weighted by molar-refractivity contribution is 0.173. The van der Waals surface area contributed by atoms with E-state index in [0.29, 0.717) is 0 Å². The predicted molar refractivity (Wildman–Crippen MR) is 74.9 cm³/mol. The van der Waals surface area contributed by atoms with Crippen LogP contribution in [0.2, 0.25) is 0 Å². The molecule has 0 aromatic heterocycles. The van der Waals surface area contributed by atoms with Gasteiger partial charge in [-0.2, -0.15) is 0 Å². The molecule has 106 valence electrons. The number of hydrogen-bond acceptors (Lipinski definition) is 4. The van der Waals surface area contributed by atoms with Gasteiger partial charge in [0.1, 0.15) is 5.75 Å². The zero-order valence-electron chi connectivity index (χ0n) is 11.9. The largest absolute Gasteiger partial charge is 0.490 e. The lowest BCUT2D eigenvalue weighted by Crippen LogP contribution is -2.19. The quantitative estimate of drug-likeness (QED) is 0.859. The van der Waals surface area contributed by atoms with Gasteiger partial charge in [0.05, 0.1) is 6.10 Å². The Bertz CT molecular complexity index is 432. The van der Waals surface area contributed by atoms with Crippen LogP contribution in [0.25, 0.3) is 0 Å². The Kier molecular flexibility index (Phi) is 4.53. The SMILES string of the molecule is CCCC(C)Oc1cc2c(cc1CC(C)N)OCO2. The van der Waals surface area contributed by atoms with Crippen molar-refractivity contribution >= 4 is 0 Å². The van der Waals surface area contributed by atoms with Crippen molar-refractivity contribution in [1.29, 1.82) is 0 Å². The first-order valence-corrected chi connectivity index (χ1v) is 6.95. The minimum absolute atomic E-state index is 0.0872. The Morgan fingerprint density at radius 3 is 2.58 bits per heavy atom. The molecular formula is C15H23NO3. The van der Waals surface area contributed by atoms with Gasteiger partial charge in [0.25, 0.3) is 0 Å². The molecule has 2 unspecified atom stereocenters. The van der Waals surface area contributed by atoms with Crippen molar-refractivity contribution in [1.82, 2.24) is 0 Å². The molecule has 2 N–H and O–H groups in total. The van der Waals surface area contributed by atoms with Gasteiger partial charge in [-0.15, -0.1) is 0 Å². The first-order chi connectivity index (χ1) is 9.10. The van der Waals surface area contributed by atoms with Gasteiger partial charge in [-0.25, -0.2) is 0 Å². The Morgan fingerprint density at radius 1 is 1.26 bits per heavy atom. The number of benzene rings is 1. The Hall–Kier alpha value is -1.42. The highest BCUT2D eigenvalue weighted by Gasteiger charge is 2.19. The fourth-order valence-electron chi connectivity index (χ4n) is 2.26. The summed E-state index contributed by atoms with van der Waals surface area (Å²) in [5, 5.41) is 0. The second kappa shape index (κ2) is 6.15. The maximum absolute atomic E-state index is 6.02. The molecule has 1 aliphatic rings. The van der Waals surface area contributed by atoms with Crippen molar-refractivity contribution in [3.05, 3.63) is 17.7 Å². The van der Waals surface area contributed by atoms with Crippen LogP contribution in [0.15, 0.2) is 12.1 Å². The minimum atomic E-state index is 0.0872. The number of fused-ring (bicyclic) bond motifs is 1. The van der Waals surface area contributed by atoms with Gasteiger partial charge in [-0.1, -0.05) is 13.3 Å². The molecule has 0 bridgehead atoms. The average Bonchev–Trinajstić information content (AvgIpc) is 2.76.